The first-order valence-electron chi connectivity index (χ1n) is 6.73. The van der Waals surface area contributed by atoms with E-state index in [9.17, 15) is 0 Å². The normalized spacial score (nSPS) is 11.4. The summed E-state index contributed by atoms with van der Waals surface area (Å²) in [6.07, 6.45) is 5.58. The summed E-state index contributed by atoms with van der Waals surface area (Å²) in [6.45, 7) is 8.99. The average Bonchev–Trinajstić information content (AvgIpc) is 2.88. The fraction of sp³-hybridized carbons (Fsp3) is 0.235. The molecule has 3 nitrogen and oxygen atoms in total. The van der Waals surface area contributed by atoms with Crippen LogP contribution in [0, 0.1) is 0 Å². The van der Waals surface area contributed by atoms with E-state index in [4.69, 9.17) is 4.74 Å². The zero-order valence-electron chi connectivity index (χ0n) is 12.0. The van der Waals surface area contributed by atoms with Crippen molar-refractivity contribution in [3.05, 3.63) is 66.5 Å². The van der Waals surface area contributed by atoms with Crippen LogP contribution in [0.3, 0.4) is 0 Å². The maximum absolute atomic E-state index is 5.69. The summed E-state index contributed by atoms with van der Waals surface area (Å²) in [4.78, 5) is 0. The Bertz CT molecular complexity index is 597. The molecule has 2 rings (SSSR count). The van der Waals surface area contributed by atoms with E-state index in [0.717, 1.165) is 23.6 Å². The van der Waals surface area contributed by atoms with Crippen molar-refractivity contribution in [1.82, 2.24) is 9.78 Å². The molecule has 0 aliphatic carbocycles. The maximum atomic E-state index is 5.69. The van der Waals surface area contributed by atoms with Crippen LogP contribution in [0.2, 0.25) is 0 Å². The van der Waals surface area contributed by atoms with Crippen molar-refractivity contribution in [3.63, 3.8) is 0 Å². The highest BCUT2D eigenvalue weighted by atomic mass is 16.5. The van der Waals surface area contributed by atoms with Crippen LogP contribution in [0.5, 0.6) is 5.75 Å². The fourth-order valence-electron chi connectivity index (χ4n) is 2.03. The summed E-state index contributed by atoms with van der Waals surface area (Å²) in [5, 5.41) is 4.45. The highest BCUT2D eigenvalue weighted by Crippen LogP contribution is 2.26. The molecule has 0 aliphatic rings. The van der Waals surface area contributed by atoms with Gasteiger partial charge in [0.25, 0.3) is 0 Å². The van der Waals surface area contributed by atoms with Crippen molar-refractivity contribution in [2.24, 2.45) is 0 Å². The second-order valence-corrected chi connectivity index (χ2v) is 4.57. The molecular formula is C17H20N2O. The van der Waals surface area contributed by atoms with Gasteiger partial charge in [-0.15, -0.1) is 0 Å². The van der Waals surface area contributed by atoms with Crippen LogP contribution >= 0.6 is 0 Å². The molecule has 0 radical (unpaired) electrons. The quantitative estimate of drug-likeness (QED) is 0.742. The predicted molar refractivity (Wildman–Crippen MR) is 82.8 cm³/mol. The van der Waals surface area contributed by atoms with E-state index >= 15 is 0 Å². The molecule has 0 aliphatic heterocycles. The fourth-order valence-corrected chi connectivity index (χ4v) is 2.03. The van der Waals surface area contributed by atoms with Crippen molar-refractivity contribution in [2.75, 3.05) is 6.61 Å². The van der Waals surface area contributed by atoms with Crippen molar-refractivity contribution in [3.8, 4) is 5.75 Å². The Morgan fingerprint density at radius 3 is 2.75 bits per heavy atom. The molecule has 2 aromatic rings. The lowest BCUT2D eigenvalue weighted by Crippen LogP contribution is -2.06. The number of nitrogens with zero attached hydrogens (tertiary/aromatic N) is 2. The van der Waals surface area contributed by atoms with E-state index in [1.54, 1.807) is 12.3 Å². The molecule has 1 aromatic carbocycles. The van der Waals surface area contributed by atoms with E-state index in [0.29, 0.717) is 6.61 Å². The van der Waals surface area contributed by atoms with Gasteiger partial charge in [0.1, 0.15) is 12.3 Å². The van der Waals surface area contributed by atoms with Gasteiger partial charge in [0.15, 0.2) is 5.75 Å². The number of rotatable bonds is 6. The van der Waals surface area contributed by atoms with Gasteiger partial charge in [0, 0.05) is 0 Å². The highest BCUT2D eigenvalue weighted by Gasteiger charge is 2.13. The van der Waals surface area contributed by atoms with Crippen molar-refractivity contribution in [2.45, 2.75) is 20.4 Å². The molecule has 0 fully saturated rings. The summed E-state index contributed by atoms with van der Waals surface area (Å²) in [5.41, 5.74) is 3.40. The number of hydrogen-bond acceptors (Lipinski definition) is 2. The third kappa shape index (κ3) is 3.18. The highest BCUT2D eigenvalue weighted by molar-refractivity contribution is 5.65. The van der Waals surface area contributed by atoms with Crippen LogP contribution in [0.4, 0.5) is 0 Å². The predicted octanol–water partition coefficient (Wildman–Crippen LogP) is 3.92. The van der Waals surface area contributed by atoms with Crippen LogP contribution in [-0.2, 0) is 6.54 Å². The Kier molecular flexibility index (Phi) is 4.77. The minimum absolute atomic E-state index is 0.487. The first kappa shape index (κ1) is 14.1. The van der Waals surface area contributed by atoms with Crippen LogP contribution < -0.4 is 4.74 Å². The number of allylic oxidation sites excluding steroid dienone is 2. The Balaban J connectivity index is 2.32. The third-order valence-corrected chi connectivity index (χ3v) is 3.14. The number of benzene rings is 1. The van der Waals surface area contributed by atoms with Crippen LogP contribution in [0.1, 0.15) is 25.1 Å². The summed E-state index contributed by atoms with van der Waals surface area (Å²) in [6, 6.07) is 10.3. The van der Waals surface area contributed by atoms with E-state index in [2.05, 4.69) is 36.8 Å². The van der Waals surface area contributed by atoms with Crippen LogP contribution in [-0.4, -0.2) is 16.4 Å². The molecule has 0 amide bonds. The molecule has 20 heavy (non-hydrogen) atoms. The topological polar surface area (TPSA) is 27.1 Å². The van der Waals surface area contributed by atoms with Gasteiger partial charge in [-0.05, 0) is 25.0 Å². The average molecular weight is 268 g/mol. The molecule has 1 heterocycles. The SMILES string of the molecule is C=CCOc1cnn(Cc2ccccc2)c1/C(C)=C\C. The smallest absolute Gasteiger partial charge is 0.165 e. The van der Waals surface area contributed by atoms with Crippen LogP contribution in [0.25, 0.3) is 5.57 Å². The monoisotopic (exact) mass is 268 g/mol. The zero-order chi connectivity index (χ0) is 14.4. The molecule has 104 valence electrons. The van der Waals surface area contributed by atoms with Gasteiger partial charge >= 0.3 is 0 Å². The van der Waals surface area contributed by atoms with Gasteiger partial charge in [-0.1, -0.05) is 49.1 Å². The van der Waals surface area contributed by atoms with Gasteiger partial charge in [-0.3, -0.25) is 4.68 Å². The Hall–Kier alpha value is -2.29. The minimum atomic E-state index is 0.487. The second-order valence-electron chi connectivity index (χ2n) is 4.57. The molecule has 3 heteroatoms. The molecular weight excluding hydrogens is 248 g/mol. The standard InChI is InChI=1S/C17H20N2O/c1-4-11-20-16-12-18-19(17(16)14(3)5-2)13-15-9-7-6-8-10-15/h4-10,12H,1,11,13H2,2-3H3/b14-5-. The maximum Gasteiger partial charge on any atom is 0.165 e. The van der Waals surface area contributed by atoms with Gasteiger partial charge in [0.2, 0.25) is 0 Å². The number of ether oxygens (including phenoxy) is 1. The second kappa shape index (κ2) is 6.75. The van der Waals surface area contributed by atoms with Gasteiger partial charge in [0.05, 0.1) is 12.7 Å². The first-order chi connectivity index (χ1) is 9.76. The largest absolute Gasteiger partial charge is 0.486 e. The van der Waals surface area contributed by atoms with E-state index in [-0.39, 0.29) is 0 Å². The Morgan fingerprint density at radius 2 is 2.10 bits per heavy atom. The molecule has 0 unspecified atom stereocenters. The summed E-state index contributed by atoms with van der Waals surface area (Å²) < 4.78 is 7.66. The van der Waals surface area contributed by atoms with Crippen molar-refractivity contribution >= 4 is 5.57 Å². The third-order valence-electron chi connectivity index (χ3n) is 3.14. The van der Waals surface area contributed by atoms with Crippen LogP contribution in [0.15, 0.2) is 55.3 Å². The Morgan fingerprint density at radius 1 is 1.35 bits per heavy atom. The van der Waals surface area contributed by atoms with E-state index in [1.165, 1.54) is 5.56 Å². The molecule has 1 aromatic heterocycles. The Labute approximate surface area is 120 Å². The van der Waals surface area contributed by atoms with Gasteiger partial charge in [-0.25, -0.2) is 0 Å². The molecule has 0 saturated carbocycles. The summed E-state index contributed by atoms with van der Waals surface area (Å²) >= 11 is 0. The first-order valence-corrected chi connectivity index (χ1v) is 6.73. The summed E-state index contributed by atoms with van der Waals surface area (Å²) in [7, 11) is 0. The van der Waals surface area contributed by atoms with E-state index < -0.39 is 0 Å². The molecule has 0 bridgehead atoms. The molecule has 0 spiro atoms. The van der Waals surface area contributed by atoms with Crippen molar-refractivity contribution in [1.29, 1.82) is 0 Å². The van der Waals surface area contributed by atoms with Gasteiger partial charge < -0.3 is 4.74 Å². The minimum Gasteiger partial charge on any atom is -0.486 e. The zero-order valence-corrected chi connectivity index (χ0v) is 12.0. The van der Waals surface area contributed by atoms with Crippen molar-refractivity contribution < 1.29 is 4.74 Å². The number of aromatic nitrogens is 2. The van der Waals surface area contributed by atoms with E-state index in [1.807, 2.05) is 29.8 Å². The lowest BCUT2D eigenvalue weighted by Gasteiger charge is -2.10. The molecule has 0 saturated heterocycles. The summed E-state index contributed by atoms with van der Waals surface area (Å²) in [5.74, 6) is 0.802. The lowest BCUT2D eigenvalue weighted by molar-refractivity contribution is 0.361. The number of hydrogen-bond donors (Lipinski definition) is 0. The molecule has 0 atom stereocenters. The molecule has 0 N–H and O–H groups in total. The van der Waals surface area contributed by atoms with Gasteiger partial charge in [-0.2, -0.15) is 5.10 Å². The lowest BCUT2D eigenvalue weighted by atomic mass is 10.2.